The van der Waals surface area contributed by atoms with Gasteiger partial charge in [0.05, 0.1) is 0 Å². The van der Waals surface area contributed by atoms with E-state index in [0.29, 0.717) is 6.04 Å². The van der Waals surface area contributed by atoms with Gasteiger partial charge in [0, 0.05) is 37.1 Å². The molecule has 0 aromatic heterocycles. The molecule has 1 aromatic carbocycles. The molecule has 0 bridgehead atoms. The van der Waals surface area contributed by atoms with Gasteiger partial charge in [-0.2, -0.15) is 0 Å². The first-order valence-corrected chi connectivity index (χ1v) is 7.10. The summed E-state index contributed by atoms with van der Waals surface area (Å²) in [5.74, 6) is 0. The Morgan fingerprint density at radius 3 is 2.75 bits per heavy atom. The summed E-state index contributed by atoms with van der Waals surface area (Å²) in [6.07, 6.45) is 2.12. The van der Waals surface area contributed by atoms with Crippen molar-refractivity contribution < 1.29 is 0 Å². The highest BCUT2D eigenvalue weighted by molar-refractivity contribution is 7.98. The van der Waals surface area contributed by atoms with Gasteiger partial charge in [0.2, 0.25) is 0 Å². The van der Waals surface area contributed by atoms with E-state index in [4.69, 9.17) is 0 Å². The summed E-state index contributed by atoms with van der Waals surface area (Å²) in [6, 6.07) is 9.58. The Kier molecular flexibility index (Phi) is 4.27. The van der Waals surface area contributed by atoms with Gasteiger partial charge in [-0.1, -0.05) is 12.1 Å². The van der Waals surface area contributed by atoms with E-state index in [-0.39, 0.29) is 0 Å². The number of hydrogen-bond acceptors (Lipinski definition) is 3. The molecule has 16 heavy (non-hydrogen) atoms. The van der Waals surface area contributed by atoms with E-state index in [1.807, 2.05) is 0 Å². The molecule has 2 nitrogen and oxygen atoms in total. The molecule has 0 spiro atoms. The van der Waals surface area contributed by atoms with Gasteiger partial charge in [0.1, 0.15) is 0 Å². The van der Waals surface area contributed by atoms with Crippen LogP contribution in [0.3, 0.4) is 0 Å². The molecular formula is C13H20N2S. The van der Waals surface area contributed by atoms with Gasteiger partial charge in [-0.25, -0.2) is 0 Å². The lowest BCUT2D eigenvalue weighted by Crippen LogP contribution is -2.49. The van der Waals surface area contributed by atoms with Crippen molar-refractivity contribution in [2.45, 2.75) is 24.4 Å². The van der Waals surface area contributed by atoms with E-state index in [1.165, 1.54) is 10.5 Å². The smallest absolute Gasteiger partial charge is 0.0237 e. The van der Waals surface area contributed by atoms with Gasteiger partial charge in [0.15, 0.2) is 0 Å². The number of hydrogen-bond donors (Lipinski definition) is 1. The van der Waals surface area contributed by atoms with Crippen LogP contribution >= 0.6 is 11.8 Å². The molecule has 0 saturated carbocycles. The van der Waals surface area contributed by atoms with Crippen molar-refractivity contribution in [1.29, 1.82) is 0 Å². The maximum atomic E-state index is 3.42. The number of piperazine rings is 1. The van der Waals surface area contributed by atoms with Crippen LogP contribution in [-0.4, -0.2) is 36.8 Å². The van der Waals surface area contributed by atoms with Gasteiger partial charge in [-0.05, 0) is 30.9 Å². The monoisotopic (exact) mass is 236 g/mol. The highest BCUT2D eigenvalue weighted by Gasteiger charge is 2.17. The molecule has 0 amide bonds. The normalized spacial score (nSPS) is 22.2. The minimum atomic E-state index is 0.647. The second kappa shape index (κ2) is 5.71. The van der Waals surface area contributed by atoms with E-state index in [1.54, 1.807) is 11.8 Å². The predicted molar refractivity (Wildman–Crippen MR) is 71.0 cm³/mol. The zero-order chi connectivity index (χ0) is 11.4. The first-order chi connectivity index (χ1) is 7.79. The van der Waals surface area contributed by atoms with Gasteiger partial charge in [0.25, 0.3) is 0 Å². The summed E-state index contributed by atoms with van der Waals surface area (Å²) in [6.45, 7) is 6.77. The second-order valence-electron chi connectivity index (χ2n) is 4.37. The number of rotatable bonds is 3. The zero-order valence-electron chi connectivity index (χ0n) is 10.1. The Hall–Kier alpha value is -0.510. The van der Waals surface area contributed by atoms with Crippen molar-refractivity contribution in [3.63, 3.8) is 0 Å². The molecular weight excluding hydrogens is 216 g/mol. The predicted octanol–water partition coefficient (Wildman–Crippen LogP) is 2.20. The molecule has 1 aliphatic heterocycles. The quantitative estimate of drug-likeness (QED) is 0.810. The topological polar surface area (TPSA) is 15.3 Å². The molecule has 1 unspecified atom stereocenters. The van der Waals surface area contributed by atoms with Crippen molar-refractivity contribution in [3.05, 3.63) is 29.8 Å². The molecule has 88 valence electrons. The largest absolute Gasteiger partial charge is 0.314 e. The Balaban J connectivity index is 1.96. The maximum absolute atomic E-state index is 3.42. The Morgan fingerprint density at radius 1 is 1.38 bits per heavy atom. The van der Waals surface area contributed by atoms with Gasteiger partial charge < -0.3 is 5.32 Å². The van der Waals surface area contributed by atoms with E-state index in [9.17, 15) is 0 Å². The SMILES string of the molecule is CSc1ccc(CN2CCNCC2C)cc1. The zero-order valence-corrected chi connectivity index (χ0v) is 10.9. The van der Waals surface area contributed by atoms with Crippen LogP contribution in [-0.2, 0) is 6.54 Å². The van der Waals surface area contributed by atoms with E-state index in [2.05, 4.69) is 47.7 Å². The van der Waals surface area contributed by atoms with Crippen molar-refractivity contribution in [2.24, 2.45) is 0 Å². The third-order valence-corrected chi connectivity index (χ3v) is 3.93. The fraction of sp³-hybridized carbons (Fsp3) is 0.538. The summed E-state index contributed by atoms with van der Waals surface area (Å²) < 4.78 is 0. The molecule has 3 heteroatoms. The first kappa shape index (κ1) is 12.0. The third-order valence-electron chi connectivity index (χ3n) is 3.18. The van der Waals surface area contributed by atoms with Crippen LogP contribution in [0.2, 0.25) is 0 Å². The summed E-state index contributed by atoms with van der Waals surface area (Å²) in [5.41, 5.74) is 1.42. The molecule has 0 radical (unpaired) electrons. The van der Waals surface area contributed by atoms with Gasteiger partial charge >= 0.3 is 0 Å². The lowest BCUT2D eigenvalue weighted by atomic mass is 10.1. The van der Waals surface area contributed by atoms with Gasteiger partial charge in [-0.3, -0.25) is 4.90 Å². The minimum absolute atomic E-state index is 0.647. The average Bonchev–Trinajstić information content (AvgIpc) is 2.33. The summed E-state index contributed by atoms with van der Waals surface area (Å²) in [5, 5.41) is 3.42. The van der Waals surface area contributed by atoms with Crippen molar-refractivity contribution in [1.82, 2.24) is 10.2 Å². The summed E-state index contributed by atoms with van der Waals surface area (Å²) in [4.78, 5) is 3.89. The molecule has 1 saturated heterocycles. The fourth-order valence-corrected chi connectivity index (χ4v) is 2.49. The Morgan fingerprint density at radius 2 is 2.12 bits per heavy atom. The fourth-order valence-electron chi connectivity index (χ4n) is 2.08. The number of thioether (sulfide) groups is 1. The molecule has 0 aliphatic carbocycles. The third kappa shape index (κ3) is 3.00. The molecule has 1 aromatic rings. The Bertz CT molecular complexity index is 323. The highest BCUT2D eigenvalue weighted by Crippen LogP contribution is 2.16. The summed E-state index contributed by atoms with van der Waals surface area (Å²) >= 11 is 1.80. The van der Waals surface area contributed by atoms with Crippen molar-refractivity contribution in [3.8, 4) is 0 Å². The molecule has 1 N–H and O–H groups in total. The minimum Gasteiger partial charge on any atom is -0.314 e. The standard InChI is InChI=1S/C13H20N2S/c1-11-9-14-7-8-15(11)10-12-3-5-13(16-2)6-4-12/h3-6,11,14H,7-10H2,1-2H3. The number of nitrogens with zero attached hydrogens (tertiary/aromatic N) is 1. The lowest BCUT2D eigenvalue weighted by molar-refractivity contribution is 0.165. The van der Waals surface area contributed by atoms with Crippen LogP contribution in [0.15, 0.2) is 29.2 Å². The van der Waals surface area contributed by atoms with E-state index >= 15 is 0 Å². The van der Waals surface area contributed by atoms with Crippen molar-refractivity contribution >= 4 is 11.8 Å². The van der Waals surface area contributed by atoms with Crippen LogP contribution in [0, 0.1) is 0 Å². The highest BCUT2D eigenvalue weighted by atomic mass is 32.2. The van der Waals surface area contributed by atoms with Gasteiger partial charge in [-0.15, -0.1) is 11.8 Å². The van der Waals surface area contributed by atoms with Crippen LogP contribution in [0.25, 0.3) is 0 Å². The molecule has 1 fully saturated rings. The molecule has 2 rings (SSSR count). The molecule has 1 aliphatic rings. The average molecular weight is 236 g/mol. The van der Waals surface area contributed by atoms with E-state index < -0.39 is 0 Å². The Labute approximate surface area is 102 Å². The van der Waals surface area contributed by atoms with Crippen LogP contribution in [0.4, 0.5) is 0 Å². The molecule has 1 heterocycles. The molecule has 1 atom stereocenters. The van der Waals surface area contributed by atoms with Crippen LogP contribution in [0.5, 0.6) is 0 Å². The van der Waals surface area contributed by atoms with Crippen LogP contribution in [0.1, 0.15) is 12.5 Å². The second-order valence-corrected chi connectivity index (χ2v) is 5.25. The first-order valence-electron chi connectivity index (χ1n) is 5.87. The van der Waals surface area contributed by atoms with Crippen molar-refractivity contribution in [2.75, 3.05) is 25.9 Å². The maximum Gasteiger partial charge on any atom is 0.0237 e. The number of benzene rings is 1. The summed E-state index contributed by atoms with van der Waals surface area (Å²) in [7, 11) is 0. The van der Waals surface area contributed by atoms with Crippen LogP contribution < -0.4 is 5.32 Å². The number of nitrogens with one attached hydrogen (secondary N) is 1. The van der Waals surface area contributed by atoms with E-state index in [0.717, 1.165) is 26.2 Å². The lowest BCUT2D eigenvalue weighted by Gasteiger charge is -2.33.